The van der Waals surface area contributed by atoms with Crippen molar-refractivity contribution in [2.24, 2.45) is 11.8 Å². The summed E-state index contributed by atoms with van der Waals surface area (Å²) in [6, 6.07) is 8.70. The van der Waals surface area contributed by atoms with Crippen LogP contribution < -0.4 is 5.73 Å². The number of fused-ring (bicyclic) bond motifs is 1. The molecule has 2 aliphatic rings. The predicted octanol–water partition coefficient (Wildman–Crippen LogP) is 4.45. The molecule has 1 saturated heterocycles. The number of nitrogens with two attached hydrogens (primary N) is 1. The Balaban J connectivity index is 1.61. The van der Waals surface area contributed by atoms with E-state index < -0.39 is 0 Å². The predicted molar refractivity (Wildman–Crippen MR) is 95.0 cm³/mol. The van der Waals surface area contributed by atoms with Crippen LogP contribution >= 0.6 is 0 Å². The van der Waals surface area contributed by atoms with Crippen LogP contribution in [-0.2, 0) is 5.41 Å². The third-order valence-electron chi connectivity index (χ3n) is 6.03. The van der Waals surface area contributed by atoms with Gasteiger partial charge in [-0.25, -0.2) is 0 Å². The molecule has 122 valence electrons. The van der Waals surface area contributed by atoms with Gasteiger partial charge in [0.05, 0.1) is 0 Å². The topological polar surface area (TPSA) is 29.3 Å². The van der Waals surface area contributed by atoms with E-state index in [0.717, 1.165) is 17.5 Å². The summed E-state index contributed by atoms with van der Waals surface area (Å²) in [6.45, 7) is 8.55. The number of anilines is 1. The number of unbranched alkanes of at least 4 members (excludes halogenated alkanes) is 3. The molecule has 1 heterocycles. The normalized spacial score (nSPS) is 30.5. The van der Waals surface area contributed by atoms with Crippen molar-refractivity contribution in [1.29, 1.82) is 0 Å². The second-order valence-electron chi connectivity index (χ2n) is 7.45. The van der Waals surface area contributed by atoms with E-state index in [1.165, 1.54) is 63.7 Å². The fourth-order valence-electron chi connectivity index (χ4n) is 4.95. The van der Waals surface area contributed by atoms with Crippen LogP contribution in [0, 0.1) is 11.8 Å². The van der Waals surface area contributed by atoms with E-state index in [2.05, 4.69) is 36.9 Å². The number of likely N-dealkylation sites (tertiary alicyclic amines) is 1. The molecule has 2 heteroatoms. The van der Waals surface area contributed by atoms with Crippen LogP contribution in [0.3, 0.4) is 0 Å². The maximum atomic E-state index is 6.04. The molecular formula is C20H32N2. The van der Waals surface area contributed by atoms with Gasteiger partial charge in [-0.15, -0.1) is 0 Å². The molecular weight excluding hydrogens is 268 g/mol. The number of benzene rings is 1. The molecule has 1 aliphatic heterocycles. The highest BCUT2D eigenvalue weighted by Crippen LogP contribution is 2.66. The van der Waals surface area contributed by atoms with Crippen molar-refractivity contribution in [2.45, 2.75) is 57.8 Å². The molecule has 2 unspecified atom stereocenters. The highest BCUT2D eigenvalue weighted by molar-refractivity contribution is 5.48. The van der Waals surface area contributed by atoms with E-state index in [0.29, 0.717) is 5.41 Å². The summed E-state index contributed by atoms with van der Waals surface area (Å²) < 4.78 is 0. The van der Waals surface area contributed by atoms with Crippen LogP contribution in [-0.4, -0.2) is 24.5 Å². The largest absolute Gasteiger partial charge is 0.399 e. The molecule has 1 saturated carbocycles. The molecule has 0 aromatic heterocycles. The van der Waals surface area contributed by atoms with Crippen molar-refractivity contribution in [3.63, 3.8) is 0 Å². The first-order valence-corrected chi connectivity index (χ1v) is 9.30. The van der Waals surface area contributed by atoms with Crippen molar-refractivity contribution in [3.8, 4) is 0 Å². The molecule has 2 nitrogen and oxygen atoms in total. The Kier molecular flexibility index (Phi) is 4.77. The van der Waals surface area contributed by atoms with Gasteiger partial charge < -0.3 is 10.6 Å². The van der Waals surface area contributed by atoms with Gasteiger partial charge in [0.25, 0.3) is 0 Å². The maximum absolute atomic E-state index is 6.04. The molecule has 1 aliphatic carbocycles. The molecule has 3 rings (SSSR count). The lowest BCUT2D eigenvalue weighted by atomic mass is 9.85. The molecule has 0 amide bonds. The number of hydrogen-bond acceptors (Lipinski definition) is 2. The summed E-state index contributed by atoms with van der Waals surface area (Å²) in [4.78, 5) is 2.71. The summed E-state index contributed by atoms with van der Waals surface area (Å²) in [6.07, 6.45) is 8.11. The lowest BCUT2D eigenvalue weighted by Gasteiger charge is -2.27. The summed E-state index contributed by atoms with van der Waals surface area (Å²) in [5.41, 5.74) is 8.92. The molecule has 2 N–H and O–H groups in total. The lowest BCUT2D eigenvalue weighted by molar-refractivity contribution is 0.261. The zero-order valence-electron chi connectivity index (χ0n) is 14.4. The Bertz CT molecular complexity index is 484. The van der Waals surface area contributed by atoms with Gasteiger partial charge >= 0.3 is 0 Å². The minimum absolute atomic E-state index is 0.448. The monoisotopic (exact) mass is 300 g/mol. The Labute approximate surface area is 136 Å². The number of hydrogen-bond donors (Lipinski definition) is 1. The van der Waals surface area contributed by atoms with Crippen LogP contribution in [0.15, 0.2) is 24.3 Å². The average molecular weight is 300 g/mol. The standard InChI is InChI=1S/C20H32N2/c1-3-5-6-7-12-22-14-18-19(15-22)20(18,11-4-2)16-9-8-10-17(21)13-16/h8-10,13,18-19H,3-7,11-12,14-15,21H2,1-2H3. The third kappa shape index (κ3) is 2.78. The van der Waals surface area contributed by atoms with E-state index in [-0.39, 0.29) is 0 Å². The minimum Gasteiger partial charge on any atom is -0.399 e. The van der Waals surface area contributed by atoms with Crippen LogP contribution in [0.2, 0.25) is 0 Å². The summed E-state index contributed by atoms with van der Waals surface area (Å²) >= 11 is 0. The van der Waals surface area contributed by atoms with Crippen molar-refractivity contribution in [1.82, 2.24) is 4.90 Å². The number of piperidine rings is 1. The van der Waals surface area contributed by atoms with Crippen molar-refractivity contribution in [2.75, 3.05) is 25.4 Å². The van der Waals surface area contributed by atoms with Gasteiger partial charge in [0, 0.05) is 24.2 Å². The molecule has 2 fully saturated rings. The zero-order chi connectivity index (χ0) is 15.6. The second kappa shape index (κ2) is 6.62. The first-order chi connectivity index (χ1) is 10.7. The Morgan fingerprint density at radius 1 is 1.09 bits per heavy atom. The molecule has 0 radical (unpaired) electrons. The van der Waals surface area contributed by atoms with Gasteiger partial charge in [0.2, 0.25) is 0 Å². The summed E-state index contributed by atoms with van der Waals surface area (Å²) in [7, 11) is 0. The van der Waals surface area contributed by atoms with Gasteiger partial charge in [0.15, 0.2) is 0 Å². The fraction of sp³-hybridized carbons (Fsp3) is 0.700. The van der Waals surface area contributed by atoms with Gasteiger partial charge in [-0.3, -0.25) is 0 Å². The van der Waals surface area contributed by atoms with Crippen molar-refractivity contribution >= 4 is 5.69 Å². The number of nitrogen functional groups attached to an aromatic ring is 1. The van der Waals surface area contributed by atoms with Gasteiger partial charge in [0.1, 0.15) is 0 Å². The zero-order valence-corrected chi connectivity index (χ0v) is 14.4. The van der Waals surface area contributed by atoms with Crippen molar-refractivity contribution < 1.29 is 0 Å². The van der Waals surface area contributed by atoms with E-state index in [1.807, 2.05) is 6.07 Å². The summed E-state index contributed by atoms with van der Waals surface area (Å²) in [5.74, 6) is 1.75. The number of rotatable bonds is 8. The highest BCUT2D eigenvalue weighted by atomic mass is 15.2. The molecule has 0 spiro atoms. The molecule has 1 aromatic carbocycles. The van der Waals surface area contributed by atoms with Crippen LogP contribution in [0.1, 0.15) is 57.9 Å². The maximum Gasteiger partial charge on any atom is 0.0316 e. The first kappa shape index (κ1) is 15.9. The Hall–Kier alpha value is -1.02. The molecule has 1 aromatic rings. The third-order valence-corrected chi connectivity index (χ3v) is 6.03. The van der Waals surface area contributed by atoms with E-state index in [9.17, 15) is 0 Å². The van der Waals surface area contributed by atoms with Crippen LogP contribution in [0.25, 0.3) is 0 Å². The smallest absolute Gasteiger partial charge is 0.0316 e. The molecule has 22 heavy (non-hydrogen) atoms. The Morgan fingerprint density at radius 2 is 1.86 bits per heavy atom. The van der Waals surface area contributed by atoms with Gasteiger partial charge in [-0.05, 0) is 48.9 Å². The van der Waals surface area contributed by atoms with Crippen molar-refractivity contribution in [3.05, 3.63) is 29.8 Å². The second-order valence-corrected chi connectivity index (χ2v) is 7.45. The van der Waals surface area contributed by atoms with E-state index in [4.69, 9.17) is 5.73 Å². The van der Waals surface area contributed by atoms with E-state index >= 15 is 0 Å². The fourth-order valence-corrected chi connectivity index (χ4v) is 4.95. The molecule has 0 bridgehead atoms. The minimum atomic E-state index is 0.448. The molecule has 2 atom stereocenters. The first-order valence-electron chi connectivity index (χ1n) is 9.30. The number of nitrogens with zero attached hydrogens (tertiary/aromatic N) is 1. The van der Waals surface area contributed by atoms with Gasteiger partial charge in [-0.1, -0.05) is 51.7 Å². The average Bonchev–Trinajstić information content (AvgIpc) is 2.90. The van der Waals surface area contributed by atoms with E-state index in [1.54, 1.807) is 0 Å². The van der Waals surface area contributed by atoms with Crippen LogP contribution in [0.5, 0.6) is 0 Å². The lowest BCUT2D eigenvalue weighted by Crippen LogP contribution is -2.31. The Morgan fingerprint density at radius 3 is 2.50 bits per heavy atom. The van der Waals surface area contributed by atoms with Crippen LogP contribution in [0.4, 0.5) is 5.69 Å². The SMILES string of the molecule is CCCCCCN1CC2C(C1)C2(CCC)c1cccc(N)c1. The quantitative estimate of drug-likeness (QED) is 0.568. The highest BCUT2D eigenvalue weighted by Gasteiger charge is 2.67. The van der Waals surface area contributed by atoms with Gasteiger partial charge in [-0.2, -0.15) is 0 Å². The summed E-state index contributed by atoms with van der Waals surface area (Å²) in [5, 5.41) is 0.